The highest BCUT2D eigenvalue weighted by Gasteiger charge is 2.29. The van der Waals surface area contributed by atoms with Crippen LogP contribution < -0.4 is 25.9 Å². The lowest BCUT2D eigenvalue weighted by molar-refractivity contribution is -0.520. The summed E-state index contributed by atoms with van der Waals surface area (Å²) in [6.07, 6.45) is -0.543. The van der Waals surface area contributed by atoms with E-state index in [1.54, 1.807) is 26.2 Å². The van der Waals surface area contributed by atoms with Crippen molar-refractivity contribution in [3.63, 3.8) is 0 Å². The van der Waals surface area contributed by atoms with Crippen molar-refractivity contribution < 1.29 is 14.1 Å². The number of hydrogen-bond donors (Lipinski definition) is 3. The summed E-state index contributed by atoms with van der Waals surface area (Å²) >= 11 is 0. The van der Waals surface area contributed by atoms with Crippen molar-refractivity contribution in [2.75, 3.05) is 17.7 Å². The number of aryl methyl sites for hydroxylation is 1. The quantitative estimate of drug-likeness (QED) is 0.637. The van der Waals surface area contributed by atoms with Crippen LogP contribution in [0.5, 0.6) is 5.75 Å². The van der Waals surface area contributed by atoms with E-state index < -0.39 is 6.17 Å². The Labute approximate surface area is 160 Å². The maximum Gasteiger partial charge on any atom is 0.357 e. The number of benzene rings is 2. The van der Waals surface area contributed by atoms with Crippen LogP contribution in [0.3, 0.4) is 0 Å². The highest BCUT2D eigenvalue weighted by molar-refractivity contribution is 5.99. The monoisotopic (exact) mass is 380 g/mol. The van der Waals surface area contributed by atoms with Crippen molar-refractivity contribution in [3.05, 3.63) is 82.0 Å². The average Bonchev–Trinajstić information content (AvgIpc) is 2.68. The fourth-order valence-corrected chi connectivity index (χ4v) is 3.06. The minimum atomic E-state index is -0.543. The predicted molar refractivity (Wildman–Crippen MR) is 104 cm³/mol. The fourth-order valence-electron chi connectivity index (χ4n) is 3.06. The molecular weight excluding hydrogens is 361 g/mol. The molecule has 1 aromatic heterocycles. The van der Waals surface area contributed by atoms with Gasteiger partial charge in [-0.1, -0.05) is 12.1 Å². The predicted octanol–water partition coefficient (Wildman–Crippen LogP) is 1.22. The summed E-state index contributed by atoms with van der Waals surface area (Å²) in [7, 11) is 1.61. The minimum Gasteiger partial charge on any atom is -0.497 e. The molecule has 1 aliphatic heterocycles. The summed E-state index contributed by atoms with van der Waals surface area (Å²) in [6.45, 7) is 1.76. The number of aromatic nitrogens is 2. The second-order valence-corrected chi connectivity index (χ2v) is 6.38. The van der Waals surface area contributed by atoms with Gasteiger partial charge in [0.25, 0.3) is 11.5 Å². The zero-order chi connectivity index (χ0) is 19.7. The lowest BCUT2D eigenvalue weighted by atomic mass is 10.1. The van der Waals surface area contributed by atoms with Gasteiger partial charge >= 0.3 is 5.96 Å². The number of ether oxygens (including phenoxy) is 1. The number of nitrogens with zero attached hydrogens (tertiary/aromatic N) is 2. The lowest BCUT2D eigenvalue weighted by Crippen LogP contribution is -2.82. The molecule has 0 unspecified atom stereocenters. The number of hydrogen-bond acceptors (Lipinski definition) is 5. The molecule has 1 atom stereocenters. The van der Waals surface area contributed by atoms with Crippen LogP contribution in [0.2, 0.25) is 0 Å². The Kier molecular flexibility index (Phi) is 4.52. The Morgan fingerprint density at radius 3 is 2.57 bits per heavy atom. The van der Waals surface area contributed by atoms with E-state index in [1.165, 1.54) is 22.8 Å². The molecule has 0 saturated carbocycles. The second-order valence-electron chi connectivity index (χ2n) is 6.38. The highest BCUT2D eigenvalue weighted by Crippen LogP contribution is 2.18. The molecule has 28 heavy (non-hydrogen) atoms. The van der Waals surface area contributed by atoms with Gasteiger partial charge in [-0.05, 0) is 43.3 Å². The van der Waals surface area contributed by atoms with Crippen molar-refractivity contribution in [3.8, 4) is 5.75 Å². The zero-order valence-corrected chi connectivity index (χ0v) is 15.4. The fraction of sp³-hybridized carbons (Fsp3) is 0.150. The third-order valence-electron chi connectivity index (χ3n) is 4.40. The molecule has 0 amide bonds. The molecule has 3 aromatic rings. The van der Waals surface area contributed by atoms with Crippen molar-refractivity contribution in [1.82, 2.24) is 9.55 Å². The van der Waals surface area contributed by atoms with E-state index in [1.807, 2.05) is 24.3 Å². The van der Waals surface area contributed by atoms with Gasteiger partial charge in [0.2, 0.25) is 0 Å². The van der Waals surface area contributed by atoms with Crippen molar-refractivity contribution >= 4 is 17.6 Å². The molecule has 4 rings (SSSR count). The van der Waals surface area contributed by atoms with Crippen LogP contribution in [0.15, 0.2) is 59.4 Å². The van der Waals surface area contributed by atoms with E-state index in [0.29, 0.717) is 17.6 Å². The molecule has 0 radical (unpaired) electrons. The summed E-state index contributed by atoms with van der Waals surface area (Å²) in [6, 6.07) is 14.9. The van der Waals surface area contributed by atoms with Gasteiger partial charge in [-0.3, -0.25) is 9.79 Å². The topological polar surface area (TPSA) is 82.2 Å². The SMILES string of the molecule is COc1ccc(NC2=[NH+][C@H](c3ccc(F)cc3)n3c(nc(C)cc3=O)N2)cc1. The summed E-state index contributed by atoms with van der Waals surface area (Å²) in [5.74, 6) is 1.36. The Balaban J connectivity index is 1.75. The summed E-state index contributed by atoms with van der Waals surface area (Å²) in [5, 5.41) is 6.34. The molecule has 0 fully saturated rings. The van der Waals surface area contributed by atoms with Gasteiger partial charge < -0.3 is 4.74 Å². The van der Waals surface area contributed by atoms with Crippen LogP contribution in [-0.4, -0.2) is 22.6 Å². The summed E-state index contributed by atoms with van der Waals surface area (Å²) < 4.78 is 20.0. The summed E-state index contributed by atoms with van der Waals surface area (Å²) in [4.78, 5) is 20.3. The number of nitrogens with one attached hydrogen (secondary N) is 3. The number of anilines is 2. The minimum absolute atomic E-state index is 0.208. The first-order valence-electron chi connectivity index (χ1n) is 8.71. The number of guanidine groups is 1. The molecule has 3 N–H and O–H groups in total. The second kappa shape index (κ2) is 7.15. The van der Waals surface area contributed by atoms with Gasteiger partial charge in [-0.15, -0.1) is 0 Å². The van der Waals surface area contributed by atoms with Crippen molar-refractivity contribution in [1.29, 1.82) is 0 Å². The molecule has 2 aromatic carbocycles. The van der Waals surface area contributed by atoms with E-state index in [-0.39, 0.29) is 11.4 Å². The maximum absolute atomic E-state index is 13.4. The molecule has 0 aliphatic carbocycles. The van der Waals surface area contributed by atoms with Gasteiger partial charge in [0.1, 0.15) is 11.6 Å². The van der Waals surface area contributed by atoms with E-state index in [9.17, 15) is 9.18 Å². The molecule has 0 spiro atoms. The standard InChI is InChI=1S/C20H18FN5O2/c1-12-11-17(27)26-18(13-3-5-14(21)6-4-13)24-19(25-20(26)22-12)23-15-7-9-16(28-2)10-8-15/h3-11,18H,1-2H3,(H2,22,23,24,25)/p+1/t18-/m0/s1. The van der Waals surface area contributed by atoms with E-state index in [2.05, 4.69) is 20.6 Å². The Morgan fingerprint density at radius 1 is 1.18 bits per heavy atom. The molecule has 1 aliphatic rings. The third kappa shape index (κ3) is 3.44. The van der Waals surface area contributed by atoms with Crippen LogP contribution >= 0.6 is 0 Å². The van der Waals surface area contributed by atoms with Crippen LogP contribution in [0.25, 0.3) is 0 Å². The van der Waals surface area contributed by atoms with Gasteiger partial charge in [-0.2, -0.15) is 0 Å². The molecule has 0 bridgehead atoms. The number of methoxy groups -OCH3 is 1. The number of fused-ring (bicyclic) bond motifs is 1. The molecular formula is C20H19FN5O2+. The number of halogens is 1. The molecule has 7 nitrogen and oxygen atoms in total. The van der Waals surface area contributed by atoms with Crippen LogP contribution in [0.4, 0.5) is 16.0 Å². The zero-order valence-electron chi connectivity index (χ0n) is 15.4. The Bertz CT molecular complexity index is 1090. The third-order valence-corrected chi connectivity index (χ3v) is 4.40. The maximum atomic E-state index is 13.4. The summed E-state index contributed by atoms with van der Waals surface area (Å²) in [5.41, 5.74) is 1.94. The van der Waals surface area contributed by atoms with E-state index in [0.717, 1.165) is 17.0 Å². The lowest BCUT2D eigenvalue weighted by Gasteiger charge is -2.23. The van der Waals surface area contributed by atoms with E-state index >= 15 is 0 Å². The van der Waals surface area contributed by atoms with Gasteiger partial charge in [0.05, 0.1) is 12.8 Å². The first kappa shape index (κ1) is 17.7. The average molecular weight is 380 g/mol. The van der Waals surface area contributed by atoms with Crippen molar-refractivity contribution in [2.24, 2.45) is 0 Å². The first-order valence-corrected chi connectivity index (χ1v) is 8.71. The highest BCUT2D eigenvalue weighted by atomic mass is 19.1. The van der Waals surface area contributed by atoms with Gasteiger partial charge in [-0.25, -0.2) is 24.6 Å². The molecule has 8 heteroatoms. The molecule has 0 saturated heterocycles. The van der Waals surface area contributed by atoms with Crippen LogP contribution in [0.1, 0.15) is 17.4 Å². The Hall–Kier alpha value is -3.68. The van der Waals surface area contributed by atoms with Crippen LogP contribution in [0, 0.1) is 12.7 Å². The molecule has 2 heterocycles. The largest absolute Gasteiger partial charge is 0.497 e. The Morgan fingerprint density at radius 2 is 1.89 bits per heavy atom. The molecule has 142 valence electrons. The number of rotatable bonds is 3. The van der Waals surface area contributed by atoms with Gasteiger partial charge in [0.15, 0.2) is 6.17 Å². The normalized spacial score (nSPS) is 15.2. The van der Waals surface area contributed by atoms with Crippen molar-refractivity contribution in [2.45, 2.75) is 13.1 Å². The first-order chi connectivity index (χ1) is 13.5. The smallest absolute Gasteiger partial charge is 0.357 e. The van der Waals surface area contributed by atoms with Gasteiger partial charge in [0, 0.05) is 17.3 Å². The van der Waals surface area contributed by atoms with Crippen LogP contribution in [-0.2, 0) is 0 Å². The van der Waals surface area contributed by atoms with E-state index in [4.69, 9.17) is 4.74 Å².